The highest BCUT2D eigenvalue weighted by molar-refractivity contribution is 5.65. The van der Waals surface area contributed by atoms with Gasteiger partial charge in [0.05, 0.1) is 6.61 Å². The van der Waals surface area contributed by atoms with Crippen molar-refractivity contribution >= 4 is 0 Å². The zero-order valence-corrected chi connectivity index (χ0v) is 18.6. The summed E-state index contributed by atoms with van der Waals surface area (Å²) in [4.78, 5) is 0. The number of ether oxygens (including phenoxy) is 1. The second-order valence-corrected chi connectivity index (χ2v) is 8.55. The number of benzene rings is 3. The molecule has 32 heavy (non-hydrogen) atoms. The zero-order chi connectivity index (χ0) is 22.7. The van der Waals surface area contributed by atoms with Gasteiger partial charge in [-0.05, 0) is 85.3 Å². The smallest absolute Gasteiger partial charge is 0.166 e. The molecular formula is C28H29F3O. The summed E-state index contributed by atoms with van der Waals surface area (Å²) in [6, 6.07) is 16.2. The molecule has 0 spiro atoms. The van der Waals surface area contributed by atoms with E-state index in [2.05, 4.69) is 6.92 Å². The SMILES string of the molecule is CCOc1ccc(C2CCC(c3ccc(-c4ccc(CC)cc4)c(F)c3F)CC2)cc1F. The first kappa shape index (κ1) is 22.4. The predicted molar refractivity (Wildman–Crippen MR) is 123 cm³/mol. The number of aryl methyl sites for hydroxylation is 1. The van der Waals surface area contributed by atoms with E-state index in [4.69, 9.17) is 4.74 Å². The van der Waals surface area contributed by atoms with Crippen LogP contribution in [-0.4, -0.2) is 6.61 Å². The largest absolute Gasteiger partial charge is 0.491 e. The highest BCUT2D eigenvalue weighted by Gasteiger charge is 2.27. The molecule has 0 bridgehead atoms. The molecular weight excluding hydrogens is 409 g/mol. The first-order valence-corrected chi connectivity index (χ1v) is 11.5. The van der Waals surface area contributed by atoms with Crippen LogP contribution in [0.15, 0.2) is 54.6 Å². The molecule has 168 valence electrons. The van der Waals surface area contributed by atoms with Gasteiger partial charge in [-0.1, -0.05) is 49.4 Å². The van der Waals surface area contributed by atoms with Crippen LogP contribution in [-0.2, 0) is 6.42 Å². The summed E-state index contributed by atoms with van der Waals surface area (Å²) < 4.78 is 49.5. The molecule has 0 heterocycles. The molecule has 1 nitrogen and oxygen atoms in total. The van der Waals surface area contributed by atoms with E-state index in [1.807, 2.05) is 37.3 Å². The van der Waals surface area contributed by atoms with Gasteiger partial charge in [0.15, 0.2) is 23.2 Å². The van der Waals surface area contributed by atoms with Crippen LogP contribution in [0, 0.1) is 17.5 Å². The predicted octanol–water partition coefficient (Wildman–Crippen LogP) is 8.17. The van der Waals surface area contributed by atoms with Gasteiger partial charge in [-0.2, -0.15) is 0 Å². The Labute approximate surface area is 188 Å². The van der Waals surface area contributed by atoms with Gasteiger partial charge < -0.3 is 4.74 Å². The fourth-order valence-electron chi connectivity index (χ4n) is 4.80. The maximum absolute atomic E-state index is 15.0. The monoisotopic (exact) mass is 438 g/mol. The summed E-state index contributed by atoms with van der Waals surface area (Å²) in [5.74, 6) is -1.39. The Bertz CT molecular complexity index is 1070. The molecule has 0 amide bonds. The van der Waals surface area contributed by atoms with Gasteiger partial charge in [-0.3, -0.25) is 0 Å². The summed E-state index contributed by atoms with van der Waals surface area (Å²) in [7, 11) is 0. The van der Waals surface area contributed by atoms with Crippen molar-refractivity contribution in [3.05, 3.63) is 88.7 Å². The molecule has 4 heteroatoms. The lowest BCUT2D eigenvalue weighted by molar-refractivity contribution is 0.320. The Balaban J connectivity index is 1.47. The summed E-state index contributed by atoms with van der Waals surface area (Å²) in [5.41, 5.74) is 3.55. The molecule has 0 aromatic heterocycles. The highest BCUT2D eigenvalue weighted by Crippen LogP contribution is 2.42. The highest BCUT2D eigenvalue weighted by atomic mass is 19.2. The average Bonchev–Trinajstić information content (AvgIpc) is 2.82. The van der Waals surface area contributed by atoms with Crippen LogP contribution in [0.2, 0.25) is 0 Å². The summed E-state index contributed by atoms with van der Waals surface area (Å²) in [6.07, 6.45) is 4.04. The van der Waals surface area contributed by atoms with Gasteiger partial charge in [0.2, 0.25) is 0 Å². The quantitative estimate of drug-likeness (QED) is 0.377. The lowest BCUT2D eigenvalue weighted by Gasteiger charge is -2.29. The second-order valence-electron chi connectivity index (χ2n) is 8.55. The Morgan fingerprint density at radius 3 is 2.09 bits per heavy atom. The van der Waals surface area contributed by atoms with Crippen molar-refractivity contribution in [3.8, 4) is 16.9 Å². The first-order valence-electron chi connectivity index (χ1n) is 11.5. The molecule has 0 unspecified atom stereocenters. The number of halogens is 3. The third-order valence-corrected chi connectivity index (χ3v) is 6.68. The number of rotatable bonds is 6. The van der Waals surface area contributed by atoms with E-state index in [1.54, 1.807) is 24.3 Å². The van der Waals surface area contributed by atoms with Crippen LogP contribution in [0.1, 0.15) is 68.1 Å². The van der Waals surface area contributed by atoms with Crippen molar-refractivity contribution in [2.45, 2.75) is 57.8 Å². The van der Waals surface area contributed by atoms with Crippen LogP contribution in [0.4, 0.5) is 13.2 Å². The third kappa shape index (κ3) is 4.55. The van der Waals surface area contributed by atoms with Gasteiger partial charge in [0, 0.05) is 5.56 Å². The lowest BCUT2D eigenvalue weighted by atomic mass is 9.76. The van der Waals surface area contributed by atoms with E-state index in [0.717, 1.165) is 43.2 Å². The number of hydrogen-bond acceptors (Lipinski definition) is 1. The van der Waals surface area contributed by atoms with Gasteiger partial charge in [0.25, 0.3) is 0 Å². The first-order chi connectivity index (χ1) is 15.5. The molecule has 0 saturated heterocycles. The molecule has 0 radical (unpaired) electrons. The topological polar surface area (TPSA) is 9.23 Å². The molecule has 3 aromatic rings. The number of hydrogen-bond donors (Lipinski definition) is 0. The molecule has 1 saturated carbocycles. The lowest BCUT2D eigenvalue weighted by Crippen LogP contribution is -2.14. The average molecular weight is 439 g/mol. The van der Waals surface area contributed by atoms with Crippen molar-refractivity contribution in [3.63, 3.8) is 0 Å². The van der Waals surface area contributed by atoms with Crippen molar-refractivity contribution in [2.75, 3.05) is 6.61 Å². The van der Waals surface area contributed by atoms with Crippen LogP contribution >= 0.6 is 0 Å². The van der Waals surface area contributed by atoms with Crippen LogP contribution in [0.3, 0.4) is 0 Å². The van der Waals surface area contributed by atoms with E-state index in [9.17, 15) is 8.78 Å². The molecule has 1 aliphatic carbocycles. The fraction of sp³-hybridized carbons (Fsp3) is 0.357. The zero-order valence-electron chi connectivity index (χ0n) is 18.6. The van der Waals surface area contributed by atoms with Gasteiger partial charge in [0.1, 0.15) is 0 Å². The Hall–Kier alpha value is -2.75. The minimum atomic E-state index is -0.776. The van der Waals surface area contributed by atoms with E-state index in [0.29, 0.717) is 23.3 Å². The van der Waals surface area contributed by atoms with Crippen LogP contribution in [0.25, 0.3) is 11.1 Å². The van der Waals surface area contributed by atoms with E-state index in [-0.39, 0.29) is 23.4 Å². The molecule has 4 rings (SSSR count). The second kappa shape index (κ2) is 9.81. The molecule has 0 aliphatic heterocycles. The summed E-state index contributed by atoms with van der Waals surface area (Å²) >= 11 is 0. The van der Waals surface area contributed by atoms with E-state index in [1.165, 1.54) is 0 Å². The normalized spacial score (nSPS) is 18.5. The Morgan fingerprint density at radius 2 is 1.47 bits per heavy atom. The van der Waals surface area contributed by atoms with E-state index < -0.39 is 11.6 Å². The summed E-state index contributed by atoms with van der Waals surface area (Å²) in [6.45, 7) is 4.31. The third-order valence-electron chi connectivity index (χ3n) is 6.68. The molecule has 0 N–H and O–H groups in total. The van der Waals surface area contributed by atoms with Crippen molar-refractivity contribution in [1.82, 2.24) is 0 Å². The molecule has 1 fully saturated rings. The molecule has 3 aromatic carbocycles. The van der Waals surface area contributed by atoms with Crippen molar-refractivity contribution in [1.29, 1.82) is 0 Å². The molecule has 1 aliphatic rings. The minimum Gasteiger partial charge on any atom is -0.491 e. The standard InChI is InChI=1S/C28H29F3O/c1-3-18-5-7-20(8-6-18)23-14-15-24(28(31)27(23)30)21-11-9-19(10-12-21)22-13-16-26(32-4-2)25(29)17-22/h5-8,13-17,19,21H,3-4,9-12H2,1-2H3. The fourth-order valence-corrected chi connectivity index (χ4v) is 4.80. The van der Waals surface area contributed by atoms with Gasteiger partial charge >= 0.3 is 0 Å². The molecule has 0 atom stereocenters. The Kier molecular flexibility index (Phi) is 6.88. The minimum absolute atomic E-state index is 0.0233. The maximum atomic E-state index is 15.0. The Morgan fingerprint density at radius 1 is 0.781 bits per heavy atom. The van der Waals surface area contributed by atoms with Crippen molar-refractivity contribution < 1.29 is 17.9 Å². The maximum Gasteiger partial charge on any atom is 0.166 e. The van der Waals surface area contributed by atoms with Crippen LogP contribution in [0.5, 0.6) is 5.75 Å². The van der Waals surface area contributed by atoms with Gasteiger partial charge in [-0.25, -0.2) is 13.2 Å². The van der Waals surface area contributed by atoms with Crippen molar-refractivity contribution in [2.24, 2.45) is 0 Å². The summed E-state index contributed by atoms with van der Waals surface area (Å²) in [5, 5.41) is 0. The van der Waals surface area contributed by atoms with Gasteiger partial charge in [-0.15, -0.1) is 0 Å². The van der Waals surface area contributed by atoms with E-state index >= 15 is 4.39 Å². The van der Waals surface area contributed by atoms with Crippen LogP contribution < -0.4 is 4.74 Å².